The van der Waals surface area contributed by atoms with Crippen molar-refractivity contribution in [1.29, 1.82) is 0 Å². The number of carbonyl (C=O) groups is 1. The Labute approximate surface area is 137 Å². The maximum absolute atomic E-state index is 12.3. The Kier molecular flexibility index (Phi) is 4.68. The van der Waals surface area contributed by atoms with Crippen molar-refractivity contribution in [2.45, 2.75) is 20.4 Å². The van der Waals surface area contributed by atoms with Crippen molar-refractivity contribution in [3.8, 4) is 0 Å². The van der Waals surface area contributed by atoms with Crippen molar-refractivity contribution in [3.63, 3.8) is 0 Å². The third-order valence-corrected chi connectivity index (χ3v) is 4.36. The molecule has 0 N–H and O–H groups in total. The Balaban J connectivity index is 2.02. The molecule has 23 heavy (non-hydrogen) atoms. The van der Waals surface area contributed by atoms with Gasteiger partial charge in [-0.2, -0.15) is 4.99 Å². The van der Waals surface area contributed by atoms with Gasteiger partial charge in [0.25, 0.3) is 0 Å². The molecule has 0 saturated carbocycles. The molecule has 0 radical (unpaired) electrons. The van der Waals surface area contributed by atoms with Crippen LogP contribution in [0.5, 0.6) is 0 Å². The lowest BCUT2D eigenvalue weighted by Crippen LogP contribution is -2.19. The largest absolute Gasteiger partial charge is 0.380 e. The van der Waals surface area contributed by atoms with Gasteiger partial charge >= 0.3 is 5.91 Å². The molecule has 2 heterocycles. The van der Waals surface area contributed by atoms with E-state index in [1.165, 1.54) is 11.3 Å². The molecule has 0 aliphatic heterocycles. The number of carbonyl (C=O) groups excluding carboxylic acids is 1. The topological polar surface area (TPSA) is 69.6 Å². The molecule has 1 amide bonds. The first-order valence-corrected chi connectivity index (χ1v) is 8.19. The highest BCUT2D eigenvalue weighted by Gasteiger charge is 2.12. The fraction of sp³-hybridized carbons (Fsp3) is 0.312. The Bertz CT molecular complexity index is 891. The Morgan fingerprint density at radius 2 is 2.26 bits per heavy atom. The minimum Gasteiger partial charge on any atom is -0.380 e. The summed E-state index contributed by atoms with van der Waals surface area (Å²) in [6, 6.07) is 9.56. The number of aromatic nitrogens is 2. The first-order chi connectivity index (χ1) is 11.2. The van der Waals surface area contributed by atoms with E-state index >= 15 is 0 Å². The quantitative estimate of drug-likeness (QED) is 0.674. The van der Waals surface area contributed by atoms with Gasteiger partial charge in [-0.3, -0.25) is 4.79 Å². The fourth-order valence-electron chi connectivity index (χ4n) is 2.23. The van der Waals surface area contributed by atoms with Crippen molar-refractivity contribution in [1.82, 2.24) is 9.72 Å². The number of ether oxygens (including phenoxy) is 1. The molecule has 2 aromatic heterocycles. The average Bonchev–Trinajstić information content (AvgIpc) is 3.12. The summed E-state index contributed by atoms with van der Waals surface area (Å²) in [4.78, 5) is 17.1. The van der Waals surface area contributed by atoms with Crippen LogP contribution in [0.1, 0.15) is 23.2 Å². The first kappa shape index (κ1) is 15.6. The number of fused-ring (bicyclic) bond motifs is 1. The molecule has 1 aromatic carbocycles. The smallest absolute Gasteiger partial charge is 0.301 e. The van der Waals surface area contributed by atoms with Crippen molar-refractivity contribution in [3.05, 3.63) is 46.6 Å². The molecule has 0 aliphatic carbocycles. The van der Waals surface area contributed by atoms with Crippen LogP contribution < -0.4 is 4.80 Å². The van der Waals surface area contributed by atoms with Crippen molar-refractivity contribution >= 4 is 27.5 Å². The summed E-state index contributed by atoms with van der Waals surface area (Å²) >= 11 is 1.47. The van der Waals surface area contributed by atoms with Gasteiger partial charge in [0.05, 0.1) is 16.8 Å². The second kappa shape index (κ2) is 6.89. The van der Waals surface area contributed by atoms with E-state index in [2.05, 4.69) is 10.1 Å². The summed E-state index contributed by atoms with van der Waals surface area (Å²) in [6.07, 6.45) is 0. The number of amides is 1. The van der Waals surface area contributed by atoms with Gasteiger partial charge in [0.2, 0.25) is 0 Å². The zero-order valence-corrected chi connectivity index (χ0v) is 13.8. The molecule has 0 aliphatic rings. The first-order valence-electron chi connectivity index (χ1n) is 7.37. The summed E-state index contributed by atoms with van der Waals surface area (Å²) in [5, 5.41) is 3.72. The molecular weight excluding hydrogens is 314 g/mol. The van der Waals surface area contributed by atoms with Gasteiger partial charge in [-0.05, 0) is 26.0 Å². The number of aryl methyl sites for hydroxylation is 1. The number of nitrogens with zero attached hydrogens (tertiary/aromatic N) is 3. The number of thiazole rings is 1. The van der Waals surface area contributed by atoms with Crippen LogP contribution in [-0.2, 0) is 11.3 Å². The molecule has 0 fully saturated rings. The van der Waals surface area contributed by atoms with Crippen LogP contribution in [0.25, 0.3) is 10.2 Å². The van der Waals surface area contributed by atoms with Crippen LogP contribution in [0.15, 0.2) is 39.8 Å². The number of hydrogen-bond donors (Lipinski definition) is 0. The number of para-hydroxylation sites is 1. The van der Waals surface area contributed by atoms with Gasteiger partial charge in [0, 0.05) is 19.2 Å². The van der Waals surface area contributed by atoms with E-state index in [4.69, 9.17) is 9.26 Å². The molecule has 3 aromatic rings. The molecule has 6 nitrogen and oxygen atoms in total. The summed E-state index contributed by atoms with van der Waals surface area (Å²) in [5.41, 5.74) is 1.26. The standard InChI is InChI=1S/C16H17N3O3S/c1-3-21-9-8-19-13-6-4-5-7-14(13)23-16(19)17-15(20)12-10-11(2)22-18-12/h4-7,10H,3,8-9H2,1-2H3. The third kappa shape index (κ3) is 3.40. The van der Waals surface area contributed by atoms with Crippen molar-refractivity contribution < 1.29 is 14.1 Å². The maximum Gasteiger partial charge on any atom is 0.301 e. The molecule has 120 valence electrons. The zero-order chi connectivity index (χ0) is 16.2. The normalized spacial score (nSPS) is 12.2. The summed E-state index contributed by atoms with van der Waals surface area (Å²) in [5.74, 6) is 0.183. The summed E-state index contributed by atoms with van der Waals surface area (Å²) in [7, 11) is 0. The van der Waals surface area contributed by atoms with Crippen LogP contribution >= 0.6 is 11.3 Å². The van der Waals surface area contributed by atoms with Gasteiger partial charge in [0.1, 0.15) is 5.76 Å². The van der Waals surface area contributed by atoms with E-state index < -0.39 is 5.91 Å². The number of rotatable bonds is 5. The third-order valence-electron chi connectivity index (χ3n) is 3.30. The monoisotopic (exact) mass is 331 g/mol. The van der Waals surface area contributed by atoms with E-state index in [1.807, 2.05) is 35.8 Å². The Morgan fingerprint density at radius 1 is 1.43 bits per heavy atom. The van der Waals surface area contributed by atoms with Crippen molar-refractivity contribution in [2.75, 3.05) is 13.2 Å². The Morgan fingerprint density at radius 3 is 3.00 bits per heavy atom. The van der Waals surface area contributed by atoms with E-state index in [0.29, 0.717) is 30.3 Å². The lowest BCUT2D eigenvalue weighted by Gasteiger charge is -2.04. The van der Waals surface area contributed by atoms with Gasteiger partial charge in [-0.15, -0.1) is 0 Å². The molecular formula is C16H17N3O3S. The summed E-state index contributed by atoms with van der Waals surface area (Å²) < 4.78 is 13.4. The highest BCUT2D eigenvalue weighted by molar-refractivity contribution is 7.16. The number of benzene rings is 1. The number of hydrogen-bond acceptors (Lipinski definition) is 5. The average molecular weight is 331 g/mol. The van der Waals surface area contributed by atoms with Crippen LogP contribution in [0.3, 0.4) is 0 Å². The predicted octanol–water partition coefficient (Wildman–Crippen LogP) is 2.78. The van der Waals surface area contributed by atoms with Gasteiger partial charge in [0.15, 0.2) is 10.5 Å². The molecule has 3 rings (SSSR count). The minimum absolute atomic E-state index is 0.219. The molecule has 0 spiro atoms. The lowest BCUT2D eigenvalue weighted by molar-refractivity contribution is 0.0988. The van der Waals surface area contributed by atoms with Gasteiger partial charge < -0.3 is 13.8 Å². The van der Waals surface area contributed by atoms with Gasteiger partial charge in [-0.1, -0.05) is 28.6 Å². The minimum atomic E-state index is -0.404. The van der Waals surface area contributed by atoms with Gasteiger partial charge in [-0.25, -0.2) is 0 Å². The van der Waals surface area contributed by atoms with Crippen LogP contribution in [0.4, 0.5) is 0 Å². The zero-order valence-electron chi connectivity index (χ0n) is 13.0. The highest BCUT2D eigenvalue weighted by Crippen LogP contribution is 2.16. The van der Waals surface area contributed by atoms with Crippen LogP contribution in [-0.4, -0.2) is 28.8 Å². The lowest BCUT2D eigenvalue weighted by atomic mass is 10.3. The van der Waals surface area contributed by atoms with Crippen LogP contribution in [0.2, 0.25) is 0 Å². The predicted molar refractivity (Wildman–Crippen MR) is 87.4 cm³/mol. The maximum atomic E-state index is 12.3. The second-order valence-electron chi connectivity index (χ2n) is 4.94. The van der Waals surface area contributed by atoms with E-state index in [1.54, 1.807) is 13.0 Å². The van der Waals surface area contributed by atoms with Crippen molar-refractivity contribution in [2.24, 2.45) is 4.99 Å². The molecule has 0 atom stereocenters. The van der Waals surface area contributed by atoms with E-state index in [9.17, 15) is 4.79 Å². The Hall–Kier alpha value is -2.25. The van der Waals surface area contributed by atoms with Crippen LogP contribution in [0, 0.1) is 6.92 Å². The molecule has 0 saturated heterocycles. The summed E-state index contributed by atoms with van der Waals surface area (Å²) in [6.45, 7) is 5.57. The molecule has 0 bridgehead atoms. The second-order valence-corrected chi connectivity index (χ2v) is 5.95. The SMILES string of the molecule is CCOCCn1c(=NC(=O)c2cc(C)on2)sc2ccccc21. The molecule has 0 unspecified atom stereocenters. The highest BCUT2D eigenvalue weighted by atomic mass is 32.1. The van der Waals surface area contributed by atoms with E-state index in [-0.39, 0.29) is 5.69 Å². The van der Waals surface area contributed by atoms with E-state index in [0.717, 1.165) is 10.2 Å². The molecule has 7 heteroatoms. The fourth-order valence-corrected chi connectivity index (χ4v) is 3.29.